The third-order valence-corrected chi connectivity index (χ3v) is 2.76. The molecule has 0 spiro atoms. The minimum Gasteiger partial charge on any atom is -0.506 e. The molecule has 0 aliphatic heterocycles. The van der Waals surface area contributed by atoms with E-state index in [-0.39, 0.29) is 5.75 Å². The van der Waals surface area contributed by atoms with Crippen LogP contribution >= 0.6 is 11.8 Å². The van der Waals surface area contributed by atoms with Crippen molar-refractivity contribution in [2.75, 3.05) is 0 Å². The third kappa shape index (κ3) is 1.74. The molecule has 0 aliphatic rings. The van der Waals surface area contributed by atoms with Gasteiger partial charge in [0.25, 0.3) is 0 Å². The minimum absolute atomic E-state index is 0.149. The Bertz CT molecular complexity index is 560. The topological polar surface area (TPSA) is 56.9 Å². The summed E-state index contributed by atoms with van der Waals surface area (Å²) in [6, 6.07) is 7.03. The molecule has 0 bridgehead atoms. The first-order valence-corrected chi connectivity index (χ1v) is 5.19. The first-order valence-electron chi connectivity index (χ1n) is 4.37. The number of hydrogen-bond donors (Lipinski definition) is 1. The number of fused-ring (bicyclic) bond motifs is 1. The molecule has 0 saturated carbocycles. The van der Waals surface area contributed by atoms with Gasteiger partial charge in [-0.3, -0.25) is 0 Å². The molecule has 0 aliphatic carbocycles. The second-order valence-corrected chi connectivity index (χ2v) is 3.95. The highest BCUT2D eigenvalue weighted by molar-refractivity contribution is 8.04. The second kappa shape index (κ2) is 3.79. The monoisotopic (exact) mass is 216 g/mol. The van der Waals surface area contributed by atoms with Crippen molar-refractivity contribution in [3.05, 3.63) is 30.0 Å². The molecule has 4 heteroatoms. The summed E-state index contributed by atoms with van der Waals surface area (Å²) < 4.78 is 0. The van der Waals surface area contributed by atoms with Gasteiger partial charge in [-0.15, -0.1) is 0 Å². The Morgan fingerprint density at radius 2 is 2.13 bits per heavy atom. The number of aromatic hydroxyl groups is 1. The molecule has 3 nitrogen and oxygen atoms in total. The van der Waals surface area contributed by atoms with Crippen LogP contribution in [0.5, 0.6) is 5.75 Å². The molecule has 1 aromatic heterocycles. The van der Waals surface area contributed by atoms with Crippen LogP contribution < -0.4 is 0 Å². The lowest BCUT2D eigenvalue weighted by Crippen LogP contribution is -1.85. The van der Waals surface area contributed by atoms with Gasteiger partial charge in [0.1, 0.15) is 16.7 Å². The van der Waals surface area contributed by atoms with Gasteiger partial charge in [-0.05, 0) is 43.0 Å². The molecule has 2 aromatic rings. The largest absolute Gasteiger partial charge is 0.506 e. The lowest BCUT2D eigenvalue weighted by atomic mass is 10.2. The molecule has 15 heavy (non-hydrogen) atoms. The van der Waals surface area contributed by atoms with E-state index in [0.29, 0.717) is 5.52 Å². The summed E-state index contributed by atoms with van der Waals surface area (Å²) in [6.07, 6.45) is 0. The fraction of sp³-hybridized carbons (Fsp3) is 0.0909. The number of nitriles is 1. The Balaban J connectivity index is 2.77. The van der Waals surface area contributed by atoms with Crippen LogP contribution in [0.15, 0.2) is 29.2 Å². The summed E-state index contributed by atoms with van der Waals surface area (Å²) in [5.41, 5.74) is 1.40. The molecule has 1 aromatic carbocycles. The second-order valence-electron chi connectivity index (χ2n) is 3.12. The molecule has 1 N–H and O–H groups in total. The van der Waals surface area contributed by atoms with Gasteiger partial charge in [-0.2, -0.15) is 5.26 Å². The standard InChI is InChI=1S/C11H8N2OS/c1-7-2-3-8-10(15-6-12)5-4-9(14)11(8)13-7/h2-5,14H,1H3. The van der Waals surface area contributed by atoms with Gasteiger partial charge in [0.15, 0.2) is 0 Å². The van der Waals surface area contributed by atoms with Crippen LogP contribution in [-0.4, -0.2) is 10.1 Å². The van der Waals surface area contributed by atoms with E-state index in [0.717, 1.165) is 27.7 Å². The predicted molar refractivity (Wildman–Crippen MR) is 59.6 cm³/mol. The van der Waals surface area contributed by atoms with Crippen molar-refractivity contribution in [3.8, 4) is 11.2 Å². The quantitative estimate of drug-likeness (QED) is 0.588. The van der Waals surface area contributed by atoms with Crippen molar-refractivity contribution < 1.29 is 5.11 Å². The maximum absolute atomic E-state index is 9.63. The average Bonchev–Trinajstić information content (AvgIpc) is 2.23. The third-order valence-electron chi connectivity index (χ3n) is 2.09. The highest BCUT2D eigenvalue weighted by atomic mass is 32.2. The van der Waals surface area contributed by atoms with E-state index in [2.05, 4.69) is 4.98 Å². The van der Waals surface area contributed by atoms with Crippen LogP contribution in [-0.2, 0) is 0 Å². The summed E-state index contributed by atoms with van der Waals surface area (Å²) in [4.78, 5) is 5.06. The van der Waals surface area contributed by atoms with Crippen molar-refractivity contribution in [2.45, 2.75) is 11.8 Å². The number of nitrogens with zero attached hydrogens (tertiary/aromatic N) is 2. The maximum atomic E-state index is 9.63. The molecular weight excluding hydrogens is 208 g/mol. The fourth-order valence-electron chi connectivity index (χ4n) is 1.41. The first-order chi connectivity index (χ1) is 7.22. The van der Waals surface area contributed by atoms with E-state index in [1.165, 1.54) is 0 Å². The van der Waals surface area contributed by atoms with Gasteiger partial charge in [-0.25, -0.2) is 4.98 Å². The van der Waals surface area contributed by atoms with E-state index in [4.69, 9.17) is 5.26 Å². The number of benzene rings is 1. The first kappa shape index (κ1) is 9.81. The Labute approximate surface area is 91.4 Å². The number of phenols is 1. The van der Waals surface area contributed by atoms with Crippen LogP contribution in [0, 0.1) is 17.6 Å². The molecule has 0 radical (unpaired) electrons. The zero-order valence-corrected chi connectivity index (χ0v) is 8.88. The molecule has 0 unspecified atom stereocenters. The van der Waals surface area contributed by atoms with Gasteiger partial charge >= 0.3 is 0 Å². The van der Waals surface area contributed by atoms with Crippen LogP contribution in [0.1, 0.15) is 5.69 Å². The average molecular weight is 216 g/mol. The van der Waals surface area contributed by atoms with Crippen LogP contribution in [0.25, 0.3) is 10.9 Å². The van der Waals surface area contributed by atoms with E-state index < -0.39 is 0 Å². The number of hydrogen-bond acceptors (Lipinski definition) is 4. The van der Waals surface area contributed by atoms with Crippen LogP contribution in [0.2, 0.25) is 0 Å². The summed E-state index contributed by atoms with van der Waals surface area (Å²) in [7, 11) is 0. The van der Waals surface area contributed by atoms with Crippen molar-refractivity contribution >= 4 is 22.7 Å². The van der Waals surface area contributed by atoms with E-state index >= 15 is 0 Å². The molecule has 0 atom stereocenters. The lowest BCUT2D eigenvalue weighted by Gasteiger charge is -2.04. The summed E-state index contributed by atoms with van der Waals surface area (Å²) >= 11 is 1.07. The number of rotatable bonds is 1. The van der Waals surface area contributed by atoms with Gasteiger partial charge in [0, 0.05) is 16.0 Å². The van der Waals surface area contributed by atoms with Crippen molar-refractivity contribution in [2.24, 2.45) is 0 Å². The number of aromatic nitrogens is 1. The van der Waals surface area contributed by atoms with Crippen molar-refractivity contribution in [3.63, 3.8) is 0 Å². The van der Waals surface area contributed by atoms with Crippen molar-refractivity contribution in [1.29, 1.82) is 5.26 Å². The molecule has 0 fully saturated rings. The maximum Gasteiger partial charge on any atom is 0.141 e. The Morgan fingerprint density at radius 1 is 1.33 bits per heavy atom. The lowest BCUT2D eigenvalue weighted by molar-refractivity contribution is 0.480. The number of aryl methyl sites for hydroxylation is 1. The normalized spacial score (nSPS) is 10.1. The number of thiocyanates is 1. The Hall–Kier alpha value is -1.73. The van der Waals surface area contributed by atoms with Gasteiger partial charge in [-0.1, -0.05) is 0 Å². The molecule has 0 amide bonds. The molecular formula is C11H8N2OS. The Morgan fingerprint density at radius 3 is 2.87 bits per heavy atom. The van der Waals surface area contributed by atoms with E-state index in [1.807, 2.05) is 24.5 Å². The summed E-state index contributed by atoms with van der Waals surface area (Å²) in [5, 5.41) is 21.1. The Kier molecular flexibility index (Phi) is 2.48. The summed E-state index contributed by atoms with van der Waals surface area (Å²) in [5.74, 6) is 0.149. The van der Waals surface area contributed by atoms with Gasteiger partial charge in [0.05, 0.1) is 0 Å². The SMILES string of the molecule is Cc1ccc2c(SC#N)ccc(O)c2n1. The van der Waals surface area contributed by atoms with Crippen molar-refractivity contribution in [1.82, 2.24) is 4.98 Å². The highest BCUT2D eigenvalue weighted by Gasteiger charge is 2.06. The van der Waals surface area contributed by atoms with Gasteiger partial charge < -0.3 is 5.11 Å². The molecule has 2 rings (SSSR count). The van der Waals surface area contributed by atoms with E-state index in [9.17, 15) is 5.11 Å². The number of thioether (sulfide) groups is 1. The van der Waals surface area contributed by atoms with Crippen LogP contribution in [0.3, 0.4) is 0 Å². The smallest absolute Gasteiger partial charge is 0.141 e. The van der Waals surface area contributed by atoms with Crippen LogP contribution in [0.4, 0.5) is 0 Å². The highest BCUT2D eigenvalue weighted by Crippen LogP contribution is 2.31. The number of phenolic OH excluding ortho intramolecular Hbond substituents is 1. The minimum atomic E-state index is 0.149. The molecule has 0 saturated heterocycles. The molecule has 74 valence electrons. The summed E-state index contributed by atoms with van der Waals surface area (Å²) in [6.45, 7) is 1.86. The zero-order chi connectivity index (χ0) is 10.8. The molecule has 1 heterocycles. The number of pyridine rings is 1. The van der Waals surface area contributed by atoms with E-state index in [1.54, 1.807) is 12.1 Å². The zero-order valence-electron chi connectivity index (χ0n) is 8.06. The fourth-order valence-corrected chi connectivity index (χ4v) is 1.92. The van der Waals surface area contributed by atoms with Gasteiger partial charge in [0.2, 0.25) is 0 Å². The predicted octanol–water partition coefficient (Wildman–Crippen LogP) is 2.82.